The average molecular weight is 445 g/mol. The Bertz CT molecular complexity index is 1080. The average Bonchev–Trinajstić information content (AvgIpc) is 2.74. The number of carbonyl (C=O) groups is 1. The molecule has 0 fully saturated rings. The van der Waals surface area contributed by atoms with Crippen molar-refractivity contribution < 1.29 is 40.9 Å². The molecule has 0 spiro atoms. The van der Waals surface area contributed by atoms with Gasteiger partial charge in [0.25, 0.3) is 0 Å². The lowest BCUT2D eigenvalue weighted by Crippen LogP contribution is -2.32. The Labute approximate surface area is 168 Å². The summed E-state index contributed by atoms with van der Waals surface area (Å²) in [7, 11) is -2.69. The summed E-state index contributed by atoms with van der Waals surface area (Å²) in [6.45, 7) is 1.19. The van der Waals surface area contributed by atoms with E-state index in [1.165, 1.54) is 13.0 Å². The van der Waals surface area contributed by atoms with Crippen molar-refractivity contribution in [2.24, 2.45) is 0 Å². The topological polar surface area (TPSA) is 67.8 Å². The Hall–Kier alpha value is -2.97. The van der Waals surface area contributed by atoms with E-state index in [0.29, 0.717) is 5.39 Å². The van der Waals surface area contributed by atoms with Crippen molar-refractivity contribution in [2.75, 3.05) is 0 Å². The van der Waals surface area contributed by atoms with Crippen molar-refractivity contribution >= 4 is 25.3 Å². The molecule has 3 rings (SSSR count). The van der Waals surface area contributed by atoms with Gasteiger partial charge in [-0.2, -0.15) is 8.78 Å². The summed E-state index contributed by atoms with van der Waals surface area (Å²) >= 11 is 0. The van der Waals surface area contributed by atoms with Gasteiger partial charge in [0.05, 0.1) is 0 Å². The quantitative estimate of drug-likeness (QED) is 0.224. The van der Waals surface area contributed by atoms with Crippen LogP contribution >= 0.6 is 8.53 Å². The summed E-state index contributed by atoms with van der Waals surface area (Å²) in [4.78, 5) is 11.2. The van der Waals surface area contributed by atoms with Crippen LogP contribution in [0.2, 0.25) is 0 Å². The highest BCUT2D eigenvalue weighted by Crippen LogP contribution is 2.43. The van der Waals surface area contributed by atoms with Crippen LogP contribution in [-0.2, 0) is 4.79 Å². The third-order valence-electron chi connectivity index (χ3n) is 3.94. The fraction of sp³-hybridized carbons (Fsp3) is 0.105. The number of halogens is 5. The smallest absolute Gasteiger partial charge is 0.382 e. The van der Waals surface area contributed by atoms with Crippen LogP contribution in [0.25, 0.3) is 10.8 Å². The van der Waals surface area contributed by atoms with E-state index in [1.54, 1.807) is 36.4 Å². The van der Waals surface area contributed by atoms with E-state index < -0.39 is 55.4 Å². The van der Waals surface area contributed by atoms with E-state index >= 15 is 0 Å². The number of rotatable bonds is 7. The predicted molar refractivity (Wildman–Crippen MR) is 98.6 cm³/mol. The Morgan fingerprint density at radius 3 is 2.10 bits per heavy atom. The molecular weight excluding hydrogens is 432 g/mol. The zero-order chi connectivity index (χ0) is 22.0. The van der Waals surface area contributed by atoms with Gasteiger partial charge < -0.3 is 14.2 Å². The van der Waals surface area contributed by atoms with Crippen LogP contribution in [0.3, 0.4) is 0 Å². The van der Waals surface area contributed by atoms with Gasteiger partial charge >= 0.3 is 14.5 Å². The van der Waals surface area contributed by atoms with Crippen molar-refractivity contribution in [3.63, 3.8) is 0 Å². The molecule has 0 heterocycles. The Morgan fingerprint density at radius 1 is 0.900 bits per heavy atom. The molecule has 0 aliphatic carbocycles. The summed E-state index contributed by atoms with van der Waals surface area (Å²) < 4.78 is 78.8. The molecule has 2 N–H and O–H groups in total. The number of fused-ring (bicyclic) bond motifs is 1. The van der Waals surface area contributed by atoms with Crippen LogP contribution in [-0.4, -0.2) is 17.1 Å². The van der Waals surface area contributed by atoms with E-state index in [4.69, 9.17) is 14.2 Å². The second kappa shape index (κ2) is 8.81. The first kappa shape index (κ1) is 21.7. The van der Waals surface area contributed by atoms with Gasteiger partial charge in [-0.3, -0.25) is 4.79 Å². The predicted octanol–water partition coefficient (Wildman–Crippen LogP) is 5.28. The summed E-state index contributed by atoms with van der Waals surface area (Å²) in [5, 5.41) is 12.7. The van der Waals surface area contributed by atoms with Crippen LogP contribution in [0.1, 0.15) is 6.92 Å². The van der Waals surface area contributed by atoms with E-state index in [-0.39, 0.29) is 5.75 Å². The van der Waals surface area contributed by atoms with Crippen LogP contribution < -0.4 is 14.1 Å². The number of benzene rings is 3. The van der Waals surface area contributed by atoms with E-state index in [0.717, 1.165) is 5.39 Å². The normalized spacial score (nSPS) is 13.1. The van der Waals surface area contributed by atoms with Gasteiger partial charge in [-0.25, -0.2) is 18.3 Å². The summed E-state index contributed by atoms with van der Waals surface area (Å²) in [5.41, 5.74) is 0. The molecule has 158 valence electrons. The zero-order valence-corrected chi connectivity index (χ0v) is 16.0. The minimum atomic E-state index is -2.69. The van der Waals surface area contributed by atoms with Crippen molar-refractivity contribution in [1.29, 1.82) is 0 Å². The van der Waals surface area contributed by atoms with Crippen LogP contribution in [0.15, 0.2) is 42.5 Å². The van der Waals surface area contributed by atoms with Gasteiger partial charge in [0.2, 0.25) is 34.8 Å². The molecule has 0 bridgehead atoms. The largest absolute Gasteiger partial charge is 0.480 e. The maximum absolute atomic E-state index is 14.0. The molecule has 0 aliphatic heterocycles. The van der Waals surface area contributed by atoms with Gasteiger partial charge in [0.1, 0.15) is 11.8 Å². The second-order valence-electron chi connectivity index (χ2n) is 6.01. The van der Waals surface area contributed by atoms with Gasteiger partial charge in [0, 0.05) is 5.39 Å². The van der Waals surface area contributed by atoms with E-state index in [2.05, 4.69) is 5.09 Å². The monoisotopic (exact) mass is 445 g/mol. The van der Waals surface area contributed by atoms with Crippen LogP contribution in [0.5, 0.6) is 11.5 Å². The first-order chi connectivity index (χ1) is 14.2. The maximum atomic E-state index is 14.0. The molecule has 0 aromatic heterocycles. The summed E-state index contributed by atoms with van der Waals surface area (Å²) in [6.07, 6.45) is 0. The Morgan fingerprint density at radius 2 is 1.47 bits per heavy atom. The van der Waals surface area contributed by atoms with Gasteiger partial charge in [-0.1, -0.05) is 36.4 Å². The molecule has 0 unspecified atom stereocenters. The molecule has 0 radical (unpaired) electrons. The zero-order valence-electron chi connectivity index (χ0n) is 15.1. The van der Waals surface area contributed by atoms with Crippen LogP contribution in [0.4, 0.5) is 22.0 Å². The van der Waals surface area contributed by atoms with Crippen LogP contribution in [0, 0.1) is 29.1 Å². The number of aliphatic carboxylic acids is 1. The fourth-order valence-electron chi connectivity index (χ4n) is 2.40. The third kappa shape index (κ3) is 4.29. The molecule has 0 saturated heterocycles. The second-order valence-corrected chi connectivity index (χ2v) is 7.14. The number of hydrogen-bond acceptors (Lipinski definition) is 4. The van der Waals surface area contributed by atoms with Gasteiger partial charge in [-0.15, -0.1) is 0 Å². The molecule has 3 aromatic carbocycles. The molecular formula is C19H13F5NO4P. The van der Waals surface area contributed by atoms with Crippen molar-refractivity contribution in [3.05, 3.63) is 71.6 Å². The SMILES string of the molecule is C[C@H](N[P@](Oc1c(F)c(F)c(F)c(F)c1F)Oc1cccc2ccccc12)C(=O)O. The van der Waals surface area contributed by atoms with Crippen molar-refractivity contribution in [1.82, 2.24) is 5.09 Å². The molecule has 3 aromatic rings. The minimum absolute atomic E-state index is 0.146. The number of carboxylic acid groups (broad SMARTS) is 1. The lowest BCUT2D eigenvalue weighted by molar-refractivity contribution is -0.138. The van der Waals surface area contributed by atoms with Crippen molar-refractivity contribution in [2.45, 2.75) is 13.0 Å². The highest BCUT2D eigenvalue weighted by molar-refractivity contribution is 7.46. The van der Waals surface area contributed by atoms with Gasteiger partial charge in [0.15, 0.2) is 0 Å². The number of carboxylic acids is 1. The third-order valence-corrected chi connectivity index (χ3v) is 5.25. The highest BCUT2D eigenvalue weighted by Gasteiger charge is 2.31. The molecule has 0 saturated carbocycles. The van der Waals surface area contributed by atoms with E-state index in [1.807, 2.05) is 0 Å². The highest BCUT2D eigenvalue weighted by atomic mass is 31.2. The fourth-order valence-corrected chi connectivity index (χ4v) is 3.63. The molecule has 30 heavy (non-hydrogen) atoms. The van der Waals surface area contributed by atoms with Crippen molar-refractivity contribution in [3.8, 4) is 11.5 Å². The molecule has 2 atom stereocenters. The Kier molecular flexibility index (Phi) is 6.38. The number of nitrogens with one attached hydrogen (secondary N) is 1. The first-order valence-electron chi connectivity index (χ1n) is 8.35. The Balaban J connectivity index is 2.01. The van der Waals surface area contributed by atoms with E-state index in [9.17, 15) is 26.7 Å². The lowest BCUT2D eigenvalue weighted by atomic mass is 10.1. The minimum Gasteiger partial charge on any atom is -0.480 e. The molecule has 0 amide bonds. The standard InChI is InChI=1S/C19H13F5NO4P/c1-9(19(26)27)25-30(28-12-8-4-6-10-5-2-3-7-11(10)12)29-18-16(23)14(21)13(20)15(22)17(18)24/h2-9,25H,1H3,(H,26,27)/t9-,30-/m0/s1. The lowest BCUT2D eigenvalue weighted by Gasteiger charge is -2.22. The van der Waals surface area contributed by atoms with Gasteiger partial charge in [-0.05, 0) is 18.4 Å². The number of hydrogen-bond donors (Lipinski definition) is 2. The summed E-state index contributed by atoms with van der Waals surface area (Å²) in [6, 6.07) is 10.4. The molecule has 0 aliphatic rings. The first-order valence-corrected chi connectivity index (χ1v) is 9.52. The summed E-state index contributed by atoms with van der Waals surface area (Å²) in [5.74, 6) is -13.9. The molecule has 5 nitrogen and oxygen atoms in total. The maximum Gasteiger partial charge on any atom is 0.382 e. The molecule has 11 heteroatoms.